The lowest BCUT2D eigenvalue weighted by molar-refractivity contribution is 0.460. The number of benzene rings is 2. The summed E-state index contributed by atoms with van der Waals surface area (Å²) in [5.41, 5.74) is 9.66. The lowest BCUT2D eigenvalue weighted by Crippen LogP contribution is -2.05. The van der Waals surface area contributed by atoms with Gasteiger partial charge >= 0.3 is 0 Å². The zero-order valence-electron chi connectivity index (χ0n) is 12.2. The van der Waals surface area contributed by atoms with Crippen molar-refractivity contribution in [1.29, 1.82) is 0 Å². The Labute approximate surface area is 128 Å². The fourth-order valence-electron chi connectivity index (χ4n) is 2.43. The second-order valence-corrected chi connectivity index (χ2v) is 5.13. The van der Waals surface area contributed by atoms with Crippen LogP contribution < -0.4 is 5.73 Å². The van der Waals surface area contributed by atoms with Crippen molar-refractivity contribution in [3.05, 3.63) is 60.2 Å². The number of fused-ring (bicyclic) bond motifs is 1. The summed E-state index contributed by atoms with van der Waals surface area (Å²) < 4.78 is 0. The van der Waals surface area contributed by atoms with E-state index in [4.69, 9.17) is 5.73 Å². The first-order valence-corrected chi connectivity index (χ1v) is 7.21. The van der Waals surface area contributed by atoms with E-state index in [0.29, 0.717) is 18.7 Å². The van der Waals surface area contributed by atoms with Crippen LogP contribution >= 0.6 is 0 Å². The second kappa shape index (κ2) is 5.99. The molecule has 5 heteroatoms. The van der Waals surface area contributed by atoms with Gasteiger partial charge in [-0.1, -0.05) is 24.3 Å². The molecule has 0 atom stereocenters. The van der Waals surface area contributed by atoms with E-state index in [1.54, 1.807) is 0 Å². The molecule has 0 spiro atoms. The molecule has 0 aliphatic rings. The van der Waals surface area contributed by atoms with E-state index < -0.39 is 0 Å². The summed E-state index contributed by atoms with van der Waals surface area (Å²) in [7, 11) is 0. The van der Waals surface area contributed by atoms with Gasteiger partial charge in [0.05, 0.1) is 0 Å². The molecule has 3 aromatic rings. The number of nitrogens with zero attached hydrogens (tertiary/aromatic N) is 3. The third-order valence-electron chi connectivity index (χ3n) is 3.58. The van der Waals surface area contributed by atoms with Crippen LogP contribution in [0.2, 0.25) is 0 Å². The topological polar surface area (TPSA) is 77.0 Å². The van der Waals surface area contributed by atoms with Crippen molar-refractivity contribution < 1.29 is 5.11 Å². The van der Waals surface area contributed by atoms with Crippen LogP contribution in [-0.4, -0.2) is 20.1 Å². The summed E-state index contributed by atoms with van der Waals surface area (Å²) in [6.07, 6.45) is 3.32. The van der Waals surface area contributed by atoms with E-state index in [2.05, 4.69) is 16.8 Å². The summed E-state index contributed by atoms with van der Waals surface area (Å²) in [5.74, 6) is 0.194. The normalized spacial score (nSPS) is 11.0. The standard InChI is InChI=1S/C17H18N4O/c1-2-3-6-13-9-12(11-18)10-16(17(13)22)21-19-14-7-4-5-8-15(14)20-21/h2,4-5,7-10,22H,1,3,6,11,18H2. The van der Waals surface area contributed by atoms with Gasteiger partial charge in [0, 0.05) is 6.54 Å². The highest BCUT2D eigenvalue weighted by Gasteiger charge is 2.13. The molecule has 0 aliphatic carbocycles. The van der Waals surface area contributed by atoms with Gasteiger partial charge in [0.1, 0.15) is 22.5 Å². The highest BCUT2D eigenvalue weighted by molar-refractivity contribution is 5.73. The van der Waals surface area contributed by atoms with Gasteiger partial charge in [-0.15, -0.1) is 21.6 Å². The molecular weight excluding hydrogens is 276 g/mol. The number of hydrogen-bond donors (Lipinski definition) is 2. The minimum atomic E-state index is 0.194. The molecular formula is C17H18N4O. The molecule has 0 saturated carbocycles. The fraction of sp³-hybridized carbons (Fsp3) is 0.176. The Morgan fingerprint density at radius 2 is 1.86 bits per heavy atom. The van der Waals surface area contributed by atoms with Crippen molar-refractivity contribution in [1.82, 2.24) is 15.0 Å². The van der Waals surface area contributed by atoms with Crippen LogP contribution in [0.5, 0.6) is 5.75 Å². The van der Waals surface area contributed by atoms with Gasteiger partial charge in [-0.3, -0.25) is 0 Å². The molecule has 0 saturated heterocycles. The number of hydrogen-bond acceptors (Lipinski definition) is 4. The molecule has 2 aromatic carbocycles. The van der Waals surface area contributed by atoms with Crippen LogP contribution in [0.25, 0.3) is 16.7 Å². The molecule has 5 nitrogen and oxygen atoms in total. The van der Waals surface area contributed by atoms with Gasteiger partial charge in [-0.2, -0.15) is 0 Å². The van der Waals surface area contributed by atoms with E-state index in [1.807, 2.05) is 42.5 Å². The Balaban J connectivity index is 2.13. The maximum absolute atomic E-state index is 10.5. The van der Waals surface area contributed by atoms with Crippen molar-refractivity contribution >= 4 is 11.0 Å². The Bertz CT molecular complexity index is 790. The lowest BCUT2D eigenvalue weighted by Gasteiger charge is -2.11. The molecule has 3 rings (SSSR count). The molecule has 0 amide bonds. The van der Waals surface area contributed by atoms with Gasteiger partial charge in [0.25, 0.3) is 0 Å². The van der Waals surface area contributed by atoms with Gasteiger partial charge in [-0.25, -0.2) is 0 Å². The van der Waals surface area contributed by atoms with E-state index in [-0.39, 0.29) is 5.75 Å². The largest absolute Gasteiger partial charge is 0.505 e. The number of rotatable bonds is 5. The molecule has 0 bridgehead atoms. The van der Waals surface area contributed by atoms with E-state index in [0.717, 1.165) is 28.6 Å². The zero-order valence-corrected chi connectivity index (χ0v) is 12.2. The third kappa shape index (κ3) is 2.58. The Kier molecular flexibility index (Phi) is 3.89. The smallest absolute Gasteiger partial charge is 0.146 e. The number of allylic oxidation sites excluding steroid dienone is 1. The average molecular weight is 294 g/mol. The Hall–Kier alpha value is -2.66. The quantitative estimate of drug-likeness (QED) is 0.709. The van der Waals surface area contributed by atoms with Crippen molar-refractivity contribution in [2.24, 2.45) is 5.73 Å². The molecule has 0 aliphatic heterocycles. The van der Waals surface area contributed by atoms with Crippen molar-refractivity contribution in [3.63, 3.8) is 0 Å². The minimum absolute atomic E-state index is 0.194. The van der Waals surface area contributed by atoms with Crippen LogP contribution in [0.1, 0.15) is 17.5 Å². The Morgan fingerprint density at radius 1 is 1.18 bits per heavy atom. The first-order valence-electron chi connectivity index (χ1n) is 7.21. The summed E-state index contributed by atoms with van der Waals surface area (Å²) >= 11 is 0. The molecule has 22 heavy (non-hydrogen) atoms. The fourth-order valence-corrected chi connectivity index (χ4v) is 2.43. The predicted molar refractivity (Wildman–Crippen MR) is 86.9 cm³/mol. The SMILES string of the molecule is C=CCCc1cc(CN)cc(-n2nc3ccccc3n2)c1O. The van der Waals surface area contributed by atoms with Crippen LogP contribution in [0.4, 0.5) is 0 Å². The number of aryl methyl sites for hydroxylation is 1. The van der Waals surface area contributed by atoms with Crippen molar-refractivity contribution in [2.75, 3.05) is 0 Å². The number of phenolic OH excluding ortho intramolecular Hbond substituents is 1. The molecule has 112 valence electrons. The van der Waals surface area contributed by atoms with E-state index >= 15 is 0 Å². The first kappa shape index (κ1) is 14.3. The maximum atomic E-state index is 10.5. The molecule has 0 fully saturated rings. The first-order chi connectivity index (χ1) is 10.7. The zero-order chi connectivity index (χ0) is 15.5. The minimum Gasteiger partial charge on any atom is -0.505 e. The van der Waals surface area contributed by atoms with E-state index in [1.165, 1.54) is 4.80 Å². The molecule has 1 aromatic heterocycles. The number of nitrogens with two attached hydrogens (primary N) is 1. The lowest BCUT2D eigenvalue weighted by atomic mass is 10.0. The second-order valence-electron chi connectivity index (χ2n) is 5.13. The maximum Gasteiger partial charge on any atom is 0.146 e. The van der Waals surface area contributed by atoms with Crippen LogP contribution in [-0.2, 0) is 13.0 Å². The van der Waals surface area contributed by atoms with Crippen LogP contribution in [0, 0.1) is 0 Å². The third-order valence-corrected chi connectivity index (χ3v) is 3.58. The summed E-state index contributed by atoms with van der Waals surface area (Å²) in [6.45, 7) is 4.12. The molecule has 0 unspecified atom stereocenters. The predicted octanol–water partition coefficient (Wildman–Crippen LogP) is 2.70. The van der Waals surface area contributed by atoms with Crippen LogP contribution in [0.15, 0.2) is 49.1 Å². The molecule has 1 heterocycles. The average Bonchev–Trinajstić information content (AvgIpc) is 2.97. The number of aromatic nitrogens is 3. The van der Waals surface area contributed by atoms with Crippen molar-refractivity contribution in [2.45, 2.75) is 19.4 Å². The molecule has 3 N–H and O–H groups in total. The number of phenols is 1. The summed E-state index contributed by atoms with van der Waals surface area (Å²) in [6, 6.07) is 11.3. The number of aromatic hydroxyl groups is 1. The van der Waals surface area contributed by atoms with Gasteiger partial charge < -0.3 is 10.8 Å². The monoisotopic (exact) mass is 294 g/mol. The van der Waals surface area contributed by atoms with Gasteiger partial charge in [0.2, 0.25) is 0 Å². The highest BCUT2D eigenvalue weighted by Crippen LogP contribution is 2.29. The summed E-state index contributed by atoms with van der Waals surface area (Å²) in [4.78, 5) is 1.47. The molecule has 0 radical (unpaired) electrons. The Morgan fingerprint density at radius 3 is 2.45 bits per heavy atom. The van der Waals surface area contributed by atoms with E-state index in [9.17, 15) is 5.11 Å². The highest BCUT2D eigenvalue weighted by atomic mass is 16.3. The summed E-state index contributed by atoms with van der Waals surface area (Å²) in [5, 5.41) is 19.4. The van der Waals surface area contributed by atoms with Gasteiger partial charge in [-0.05, 0) is 42.2 Å². The van der Waals surface area contributed by atoms with Crippen LogP contribution in [0.3, 0.4) is 0 Å². The van der Waals surface area contributed by atoms with Crippen molar-refractivity contribution in [3.8, 4) is 11.4 Å². The van der Waals surface area contributed by atoms with Gasteiger partial charge in [0.15, 0.2) is 0 Å².